The molecular weight excluding hydrogens is 364 g/mol. The van der Waals surface area contributed by atoms with E-state index in [1.807, 2.05) is 13.8 Å². The standard InChI is InChI=1S/C20H28N2O4S/c1-11-12(2)27-19(16(11)18(24)21-13-7-3-4-8-13)22-17(23)14-9-5-6-10-15(14)20(25)26/h13-15H,3-10H2,1-2H3,(H,21,24)(H,22,23)(H,25,26)/t14-,15+/m0/s1. The first-order chi connectivity index (χ1) is 12.9. The van der Waals surface area contributed by atoms with Crippen LogP contribution in [0.15, 0.2) is 0 Å². The number of nitrogens with one attached hydrogen (secondary N) is 2. The van der Waals surface area contributed by atoms with Gasteiger partial charge in [0.25, 0.3) is 5.91 Å². The van der Waals surface area contributed by atoms with Crippen LogP contribution in [0, 0.1) is 25.7 Å². The summed E-state index contributed by atoms with van der Waals surface area (Å²) in [7, 11) is 0. The van der Waals surface area contributed by atoms with Gasteiger partial charge in [0.2, 0.25) is 5.91 Å². The molecule has 0 saturated heterocycles. The summed E-state index contributed by atoms with van der Waals surface area (Å²) in [5.41, 5.74) is 1.41. The van der Waals surface area contributed by atoms with Gasteiger partial charge in [-0.1, -0.05) is 25.7 Å². The van der Waals surface area contributed by atoms with Crippen molar-refractivity contribution in [1.29, 1.82) is 0 Å². The van der Waals surface area contributed by atoms with Crippen molar-refractivity contribution in [3.63, 3.8) is 0 Å². The van der Waals surface area contributed by atoms with Gasteiger partial charge in [-0.25, -0.2) is 0 Å². The number of carbonyl (C=O) groups excluding carboxylic acids is 2. The van der Waals surface area contributed by atoms with Crippen molar-refractivity contribution < 1.29 is 19.5 Å². The largest absolute Gasteiger partial charge is 0.481 e. The molecule has 148 valence electrons. The Hall–Kier alpha value is -1.89. The zero-order valence-electron chi connectivity index (χ0n) is 16.0. The van der Waals surface area contributed by atoms with Crippen molar-refractivity contribution >= 4 is 34.1 Å². The lowest BCUT2D eigenvalue weighted by Gasteiger charge is -2.27. The Morgan fingerprint density at radius 3 is 2.19 bits per heavy atom. The van der Waals surface area contributed by atoms with Crippen molar-refractivity contribution in [3.8, 4) is 0 Å². The summed E-state index contributed by atoms with van der Waals surface area (Å²) in [5.74, 6) is -2.51. The highest BCUT2D eigenvalue weighted by molar-refractivity contribution is 7.16. The first-order valence-electron chi connectivity index (χ1n) is 9.83. The molecule has 1 aromatic rings. The second-order valence-corrected chi connectivity index (χ2v) is 8.99. The molecule has 0 spiro atoms. The molecule has 3 N–H and O–H groups in total. The van der Waals surface area contributed by atoms with Gasteiger partial charge in [0.05, 0.1) is 17.4 Å². The van der Waals surface area contributed by atoms with Gasteiger partial charge >= 0.3 is 5.97 Å². The molecule has 2 aliphatic rings. The SMILES string of the molecule is Cc1sc(NC(=O)[C@H]2CCCC[C@H]2C(=O)O)c(C(=O)NC2CCCC2)c1C. The summed E-state index contributed by atoms with van der Waals surface area (Å²) in [6.07, 6.45) is 7.08. The number of aryl methyl sites for hydroxylation is 1. The van der Waals surface area contributed by atoms with Gasteiger partial charge in [-0.2, -0.15) is 0 Å². The number of rotatable bonds is 5. The molecule has 0 bridgehead atoms. The normalized spacial score (nSPS) is 23.2. The average Bonchev–Trinajstić information content (AvgIpc) is 3.23. The lowest BCUT2D eigenvalue weighted by molar-refractivity contribution is -0.147. The zero-order chi connectivity index (χ0) is 19.6. The number of carboxylic acids is 1. The molecule has 2 saturated carbocycles. The predicted octanol–water partition coefficient (Wildman–Crippen LogP) is 3.87. The second kappa shape index (κ2) is 8.42. The quantitative estimate of drug-likeness (QED) is 0.709. The van der Waals surface area contributed by atoms with Gasteiger partial charge in [0.1, 0.15) is 5.00 Å². The van der Waals surface area contributed by atoms with Crippen LogP contribution in [0.25, 0.3) is 0 Å². The van der Waals surface area contributed by atoms with E-state index in [-0.39, 0.29) is 17.9 Å². The zero-order valence-corrected chi connectivity index (χ0v) is 16.8. The van der Waals surface area contributed by atoms with Crippen LogP contribution in [0.4, 0.5) is 5.00 Å². The molecule has 27 heavy (non-hydrogen) atoms. The van der Waals surface area contributed by atoms with Gasteiger partial charge in [0, 0.05) is 10.9 Å². The van der Waals surface area contributed by atoms with Crippen molar-refractivity contribution in [2.75, 3.05) is 5.32 Å². The molecule has 2 aliphatic carbocycles. The molecule has 1 aromatic heterocycles. The van der Waals surface area contributed by atoms with Gasteiger partial charge in [-0.3, -0.25) is 14.4 Å². The number of carboxylic acid groups (broad SMARTS) is 1. The van der Waals surface area contributed by atoms with E-state index < -0.39 is 17.8 Å². The van der Waals surface area contributed by atoms with Crippen molar-refractivity contribution in [2.24, 2.45) is 11.8 Å². The second-order valence-electron chi connectivity index (χ2n) is 7.77. The lowest BCUT2D eigenvalue weighted by Crippen LogP contribution is -2.37. The summed E-state index contributed by atoms with van der Waals surface area (Å²) >= 11 is 1.39. The first kappa shape index (κ1) is 19.9. The maximum Gasteiger partial charge on any atom is 0.307 e. The van der Waals surface area contributed by atoms with Crippen molar-refractivity contribution in [2.45, 2.75) is 71.3 Å². The van der Waals surface area contributed by atoms with E-state index >= 15 is 0 Å². The number of carbonyl (C=O) groups is 3. The number of aliphatic carboxylic acids is 1. The Bertz CT molecular complexity index is 737. The van der Waals surface area contributed by atoms with E-state index in [1.165, 1.54) is 11.3 Å². The molecule has 2 amide bonds. The Kier molecular flexibility index (Phi) is 6.19. The fourth-order valence-electron chi connectivity index (χ4n) is 4.26. The smallest absolute Gasteiger partial charge is 0.307 e. The van der Waals surface area contributed by atoms with Crippen LogP contribution in [0.2, 0.25) is 0 Å². The van der Waals surface area contributed by atoms with Gasteiger partial charge < -0.3 is 15.7 Å². The van der Waals surface area contributed by atoms with Crippen molar-refractivity contribution in [1.82, 2.24) is 5.32 Å². The Morgan fingerprint density at radius 2 is 1.56 bits per heavy atom. The third-order valence-corrected chi connectivity index (χ3v) is 7.08. The molecule has 0 aliphatic heterocycles. The Balaban J connectivity index is 1.77. The van der Waals surface area contributed by atoms with Gasteiger partial charge in [0.15, 0.2) is 0 Å². The Morgan fingerprint density at radius 1 is 0.963 bits per heavy atom. The minimum Gasteiger partial charge on any atom is -0.481 e. The number of thiophene rings is 1. The summed E-state index contributed by atoms with van der Waals surface area (Å²) in [5, 5.41) is 16.0. The van der Waals surface area contributed by atoms with E-state index in [0.29, 0.717) is 23.4 Å². The van der Waals surface area contributed by atoms with Crippen LogP contribution >= 0.6 is 11.3 Å². The van der Waals surface area contributed by atoms with Gasteiger partial charge in [-0.05, 0) is 45.1 Å². The lowest BCUT2D eigenvalue weighted by atomic mass is 9.79. The fraction of sp³-hybridized carbons (Fsp3) is 0.650. The summed E-state index contributed by atoms with van der Waals surface area (Å²) in [4.78, 5) is 38.2. The predicted molar refractivity (Wildman–Crippen MR) is 105 cm³/mol. The number of anilines is 1. The summed E-state index contributed by atoms with van der Waals surface area (Å²) in [6, 6.07) is 0.204. The van der Waals surface area contributed by atoms with E-state index in [1.54, 1.807) is 0 Å². The van der Waals surface area contributed by atoms with Gasteiger partial charge in [-0.15, -0.1) is 11.3 Å². The fourth-order valence-corrected chi connectivity index (χ4v) is 5.32. The molecular formula is C20H28N2O4S. The van der Waals surface area contributed by atoms with E-state index in [0.717, 1.165) is 49.0 Å². The molecule has 1 heterocycles. The molecule has 6 nitrogen and oxygen atoms in total. The molecule has 0 aromatic carbocycles. The molecule has 7 heteroatoms. The Labute approximate surface area is 163 Å². The highest BCUT2D eigenvalue weighted by Gasteiger charge is 2.36. The number of amides is 2. The van der Waals surface area contributed by atoms with Crippen LogP contribution in [0.3, 0.4) is 0 Å². The van der Waals surface area contributed by atoms with Crippen molar-refractivity contribution in [3.05, 3.63) is 16.0 Å². The first-order valence-corrected chi connectivity index (χ1v) is 10.6. The molecule has 2 atom stereocenters. The molecule has 0 radical (unpaired) electrons. The van der Waals surface area contributed by atoms with E-state index in [9.17, 15) is 19.5 Å². The average molecular weight is 393 g/mol. The van der Waals surface area contributed by atoms with Crippen LogP contribution in [0.5, 0.6) is 0 Å². The minimum atomic E-state index is -0.910. The third kappa shape index (κ3) is 4.34. The highest BCUT2D eigenvalue weighted by atomic mass is 32.1. The van der Waals surface area contributed by atoms with E-state index in [4.69, 9.17) is 0 Å². The summed E-state index contributed by atoms with van der Waals surface area (Å²) < 4.78 is 0. The monoisotopic (exact) mass is 392 g/mol. The topological polar surface area (TPSA) is 95.5 Å². The highest BCUT2D eigenvalue weighted by Crippen LogP contribution is 2.36. The number of hydrogen-bond acceptors (Lipinski definition) is 4. The van der Waals surface area contributed by atoms with Crippen LogP contribution < -0.4 is 10.6 Å². The molecule has 3 rings (SSSR count). The van der Waals surface area contributed by atoms with Crippen LogP contribution in [-0.4, -0.2) is 28.9 Å². The minimum absolute atomic E-state index is 0.141. The maximum atomic E-state index is 12.8. The van der Waals surface area contributed by atoms with Crippen LogP contribution in [-0.2, 0) is 9.59 Å². The maximum absolute atomic E-state index is 12.8. The molecule has 2 fully saturated rings. The molecule has 0 unspecified atom stereocenters. The van der Waals surface area contributed by atoms with Crippen LogP contribution in [0.1, 0.15) is 72.2 Å². The van der Waals surface area contributed by atoms with E-state index in [2.05, 4.69) is 10.6 Å². The number of hydrogen-bond donors (Lipinski definition) is 3. The summed E-state index contributed by atoms with van der Waals surface area (Å²) in [6.45, 7) is 3.83. The third-order valence-electron chi connectivity index (χ3n) is 5.96.